The molecule has 1 aliphatic rings. The average molecular weight is 349 g/mol. The molecule has 0 spiro atoms. The zero-order chi connectivity index (χ0) is 19.1. The number of hydrogen-bond donors (Lipinski definition) is 2. The molecule has 6 heteroatoms. The van der Waals surface area contributed by atoms with Crippen molar-refractivity contribution >= 4 is 11.8 Å². The van der Waals surface area contributed by atoms with E-state index in [4.69, 9.17) is 5.73 Å². The van der Waals surface area contributed by atoms with Gasteiger partial charge in [-0.05, 0) is 38.6 Å². The first kappa shape index (κ1) is 21.4. The Balaban J connectivity index is 2.72. The minimum Gasteiger partial charge on any atom is -0.369 e. The van der Waals surface area contributed by atoms with Gasteiger partial charge in [0, 0.05) is 18.0 Å². The van der Waals surface area contributed by atoms with E-state index in [1.807, 2.05) is 0 Å². The van der Waals surface area contributed by atoms with Crippen LogP contribution in [0.25, 0.3) is 0 Å². The number of piperidine rings is 1. The van der Waals surface area contributed by atoms with Crippen molar-refractivity contribution in [3.05, 3.63) is 6.42 Å². The third-order valence-corrected chi connectivity index (χ3v) is 5.10. The number of hydrogen-bond acceptors (Lipinski definition) is 4. The molecule has 1 fully saturated rings. The van der Waals surface area contributed by atoms with E-state index in [0.717, 1.165) is 32.4 Å². The summed E-state index contributed by atoms with van der Waals surface area (Å²) < 4.78 is 0. The summed E-state index contributed by atoms with van der Waals surface area (Å²) in [6.07, 6.45) is 6.14. The smallest absolute Gasteiger partial charge is 0.225 e. The summed E-state index contributed by atoms with van der Waals surface area (Å²) in [6.45, 7) is 9.56. The molecule has 1 radical (unpaired) electrons. The largest absolute Gasteiger partial charge is 0.369 e. The van der Waals surface area contributed by atoms with Crippen LogP contribution in [0.2, 0.25) is 0 Å². The van der Waals surface area contributed by atoms with E-state index >= 15 is 0 Å². The van der Waals surface area contributed by atoms with Gasteiger partial charge in [-0.3, -0.25) is 9.59 Å². The second-order valence-corrected chi connectivity index (χ2v) is 7.77. The summed E-state index contributed by atoms with van der Waals surface area (Å²) in [5.74, 6) is -0.738. The molecule has 2 amide bonds. The first-order valence-corrected chi connectivity index (χ1v) is 9.30. The maximum Gasteiger partial charge on any atom is 0.225 e. The lowest BCUT2D eigenvalue weighted by Gasteiger charge is -2.43. The first-order valence-electron chi connectivity index (χ1n) is 9.30. The van der Waals surface area contributed by atoms with E-state index in [2.05, 4.69) is 30.1 Å². The number of carbonyl (C=O) groups excluding carboxylic acids is 2. The lowest BCUT2D eigenvalue weighted by atomic mass is 9.82. The number of primary amides is 1. The van der Waals surface area contributed by atoms with Crippen molar-refractivity contribution in [1.29, 1.82) is 5.26 Å². The molecule has 0 bridgehead atoms. The highest BCUT2D eigenvalue weighted by molar-refractivity contribution is 5.87. The predicted molar refractivity (Wildman–Crippen MR) is 98.2 cm³/mol. The summed E-state index contributed by atoms with van der Waals surface area (Å²) in [5, 5.41) is 12.6. The van der Waals surface area contributed by atoms with Crippen LogP contribution in [0.1, 0.15) is 66.2 Å². The van der Waals surface area contributed by atoms with E-state index in [0.29, 0.717) is 18.9 Å². The summed E-state index contributed by atoms with van der Waals surface area (Å²) in [6, 6.07) is 2.67. The molecule has 1 aliphatic heterocycles. The van der Waals surface area contributed by atoms with Gasteiger partial charge < -0.3 is 16.0 Å². The number of likely N-dealkylation sites (tertiary alicyclic amines) is 1. The zero-order valence-corrected chi connectivity index (χ0v) is 16.1. The van der Waals surface area contributed by atoms with Crippen LogP contribution in [0.4, 0.5) is 0 Å². The first-order chi connectivity index (χ1) is 11.7. The summed E-state index contributed by atoms with van der Waals surface area (Å²) in [7, 11) is 0. The lowest BCUT2D eigenvalue weighted by Crippen LogP contribution is -2.58. The number of rotatable bonds is 9. The van der Waals surface area contributed by atoms with Crippen LogP contribution in [0, 0.1) is 23.2 Å². The SMILES string of the molecule is CCCC1CC(C#N)(NC(=O)[CH]CC(C)(C)C(N)=O)CCN1CCC. The van der Waals surface area contributed by atoms with Gasteiger partial charge in [0.25, 0.3) is 0 Å². The van der Waals surface area contributed by atoms with Gasteiger partial charge in [0.05, 0.1) is 12.5 Å². The number of amides is 2. The Bertz CT molecular complexity index is 512. The molecular weight excluding hydrogens is 316 g/mol. The monoisotopic (exact) mass is 349 g/mol. The lowest BCUT2D eigenvalue weighted by molar-refractivity contribution is -0.126. The van der Waals surface area contributed by atoms with Crippen molar-refractivity contribution in [2.45, 2.75) is 77.8 Å². The molecule has 6 nitrogen and oxygen atoms in total. The van der Waals surface area contributed by atoms with E-state index < -0.39 is 16.9 Å². The molecule has 0 saturated carbocycles. The second kappa shape index (κ2) is 9.19. The fourth-order valence-electron chi connectivity index (χ4n) is 3.33. The molecule has 0 aromatic heterocycles. The molecule has 0 aromatic rings. The minimum absolute atomic E-state index is 0.260. The normalized spacial score (nSPS) is 24.5. The Morgan fingerprint density at radius 1 is 1.40 bits per heavy atom. The second-order valence-electron chi connectivity index (χ2n) is 7.77. The van der Waals surface area contributed by atoms with Gasteiger partial charge in [-0.25, -0.2) is 0 Å². The van der Waals surface area contributed by atoms with Crippen LogP contribution in [-0.4, -0.2) is 41.4 Å². The van der Waals surface area contributed by atoms with Gasteiger partial charge in [0.15, 0.2) is 0 Å². The van der Waals surface area contributed by atoms with Crippen molar-refractivity contribution < 1.29 is 9.59 Å². The summed E-state index contributed by atoms with van der Waals surface area (Å²) >= 11 is 0. The maximum absolute atomic E-state index is 12.3. The summed E-state index contributed by atoms with van der Waals surface area (Å²) in [5.41, 5.74) is 3.74. The van der Waals surface area contributed by atoms with E-state index in [1.54, 1.807) is 13.8 Å². The maximum atomic E-state index is 12.3. The Morgan fingerprint density at radius 3 is 2.60 bits per heavy atom. The van der Waals surface area contributed by atoms with Crippen LogP contribution in [0.5, 0.6) is 0 Å². The van der Waals surface area contributed by atoms with Gasteiger partial charge in [-0.1, -0.05) is 34.1 Å². The number of nitrogens with two attached hydrogens (primary N) is 1. The summed E-state index contributed by atoms with van der Waals surface area (Å²) in [4.78, 5) is 26.1. The number of carbonyl (C=O) groups is 2. The molecule has 1 rings (SSSR count). The van der Waals surface area contributed by atoms with Crippen molar-refractivity contribution in [2.24, 2.45) is 11.1 Å². The van der Waals surface area contributed by atoms with Gasteiger partial charge in [0.1, 0.15) is 5.54 Å². The van der Waals surface area contributed by atoms with E-state index in [1.165, 1.54) is 6.42 Å². The minimum atomic E-state index is -0.825. The standard InChI is InChI=1S/C19H33N4O2/c1-5-7-15-13-19(14-20,10-12-23(15)11-6-2)22-16(24)8-9-18(3,4)17(21)25/h8,15H,5-7,9-13H2,1-4H3,(H2,21,25)(H,22,24). The van der Waals surface area contributed by atoms with Gasteiger partial charge in [-0.15, -0.1) is 0 Å². The third kappa shape index (κ3) is 6.00. The van der Waals surface area contributed by atoms with Crippen LogP contribution < -0.4 is 11.1 Å². The third-order valence-electron chi connectivity index (χ3n) is 5.10. The highest BCUT2D eigenvalue weighted by Crippen LogP contribution is 2.30. The van der Waals surface area contributed by atoms with Crippen molar-refractivity contribution in [1.82, 2.24) is 10.2 Å². The molecule has 1 saturated heterocycles. The average Bonchev–Trinajstić information content (AvgIpc) is 2.56. The van der Waals surface area contributed by atoms with Gasteiger partial charge in [0.2, 0.25) is 11.8 Å². The van der Waals surface area contributed by atoms with Crippen molar-refractivity contribution in [3.63, 3.8) is 0 Å². The van der Waals surface area contributed by atoms with Crippen LogP contribution in [0.3, 0.4) is 0 Å². The van der Waals surface area contributed by atoms with Crippen LogP contribution >= 0.6 is 0 Å². The zero-order valence-electron chi connectivity index (χ0n) is 16.1. The van der Waals surface area contributed by atoms with Crippen LogP contribution in [-0.2, 0) is 9.59 Å². The predicted octanol–water partition coefficient (Wildman–Crippen LogP) is 2.15. The molecule has 0 aliphatic carbocycles. The highest BCUT2D eigenvalue weighted by atomic mass is 16.2. The van der Waals surface area contributed by atoms with Gasteiger partial charge >= 0.3 is 0 Å². The highest BCUT2D eigenvalue weighted by Gasteiger charge is 2.40. The van der Waals surface area contributed by atoms with Gasteiger partial charge in [-0.2, -0.15) is 5.26 Å². The van der Waals surface area contributed by atoms with E-state index in [9.17, 15) is 14.9 Å². The Hall–Kier alpha value is -1.61. The molecule has 2 unspecified atom stereocenters. The molecule has 1 heterocycles. The molecule has 3 N–H and O–H groups in total. The Labute approximate surface area is 152 Å². The number of nitriles is 1. The molecular formula is C19H33N4O2. The molecule has 2 atom stereocenters. The van der Waals surface area contributed by atoms with Crippen molar-refractivity contribution in [3.8, 4) is 6.07 Å². The topological polar surface area (TPSA) is 99.2 Å². The quantitative estimate of drug-likeness (QED) is 0.666. The molecule has 0 aromatic carbocycles. The molecule has 25 heavy (non-hydrogen) atoms. The number of nitrogens with zero attached hydrogens (tertiary/aromatic N) is 2. The van der Waals surface area contributed by atoms with Crippen LogP contribution in [0.15, 0.2) is 0 Å². The molecule has 141 valence electrons. The fraction of sp³-hybridized carbons (Fsp3) is 0.789. The number of nitrogens with one attached hydrogen (secondary N) is 1. The van der Waals surface area contributed by atoms with E-state index in [-0.39, 0.29) is 12.3 Å². The Kier molecular flexibility index (Phi) is 7.88. The van der Waals surface area contributed by atoms with Crippen molar-refractivity contribution in [2.75, 3.05) is 13.1 Å². The Morgan fingerprint density at radius 2 is 2.08 bits per heavy atom. The fourth-order valence-corrected chi connectivity index (χ4v) is 3.33.